The summed E-state index contributed by atoms with van der Waals surface area (Å²) in [5.41, 5.74) is 3.63. The lowest BCUT2D eigenvalue weighted by Gasteiger charge is -2.47. The second-order valence-corrected chi connectivity index (χ2v) is 11.7. The zero-order valence-electron chi connectivity index (χ0n) is 20.3. The highest BCUT2D eigenvalue weighted by atomic mass is 127. The van der Waals surface area contributed by atoms with Gasteiger partial charge < -0.3 is 14.6 Å². The number of piperidine rings is 2. The molecular weight excluding hydrogens is 537 g/mol. The molecule has 1 saturated carbocycles. The molecule has 1 aromatic carbocycles. The van der Waals surface area contributed by atoms with Crippen molar-refractivity contribution in [3.05, 3.63) is 63.1 Å². The fourth-order valence-electron chi connectivity index (χ4n) is 5.70. The average Bonchev–Trinajstić information content (AvgIpc) is 3.19. The highest BCUT2D eigenvalue weighted by Crippen LogP contribution is 2.39. The Morgan fingerprint density at radius 2 is 1.97 bits per heavy atom. The Labute approximate surface area is 215 Å². The molecule has 6 rings (SSSR count). The van der Waals surface area contributed by atoms with E-state index >= 15 is 0 Å². The second kappa shape index (κ2) is 9.61. The molecule has 3 aliphatic rings. The third-order valence-corrected chi connectivity index (χ3v) is 8.65. The van der Waals surface area contributed by atoms with E-state index in [1.807, 2.05) is 38.2 Å². The van der Waals surface area contributed by atoms with Gasteiger partial charge in [-0.15, -0.1) is 0 Å². The number of nitrogens with zero attached hydrogens (tertiary/aromatic N) is 2. The van der Waals surface area contributed by atoms with Gasteiger partial charge in [-0.25, -0.2) is 0 Å². The molecule has 1 N–H and O–H groups in total. The predicted molar refractivity (Wildman–Crippen MR) is 144 cm³/mol. The van der Waals surface area contributed by atoms with Gasteiger partial charge in [0.2, 0.25) is 5.91 Å². The number of amides is 1. The van der Waals surface area contributed by atoms with E-state index in [1.54, 1.807) is 0 Å². The van der Waals surface area contributed by atoms with Gasteiger partial charge >= 0.3 is 0 Å². The molecule has 2 saturated heterocycles. The van der Waals surface area contributed by atoms with Crippen LogP contribution in [-0.4, -0.2) is 40.0 Å². The maximum absolute atomic E-state index is 13.7. The number of hydrogen-bond acceptors (Lipinski definition) is 3. The quantitative estimate of drug-likeness (QED) is 0.346. The lowest BCUT2D eigenvalue weighted by atomic mass is 9.77. The van der Waals surface area contributed by atoms with E-state index in [-0.39, 0.29) is 11.8 Å². The Kier molecular flexibility index (Phi) is 6.73. The molecule has 3 aromatic rings. The Balaban J connectivity index is 1.37. The van der Waals surface area contributed by atoms with Crippen LogP contribution in [0.2, 0.25) is 0 Å². The Morgan fingerprint density at radius 3 is 2.65 bits per heavy atom. The SMILES string of the molecule is CC(COCc1ccccc1)c1c(I)[nH]c2cnc(C(C)(C)C(=O)N3CC4CCC3CC4)cc12. The Morgan fingerprint density at radius 1 is 1.24 bits per heavy atom. The maximum Gasteiger partial charge on any atom is 0.234 e. The van der Waals surface area contributed by atoms with Crippen LogP contribution in [0.3, 0.4) is 0 Å². The van der Waals surface area contributed by atoms with Crippen LogP contribution in [0.5, 0.6) is 0 Å². The number of rotatable bonds is 7. The fraction of sp³-hybridized carbons (Fsp3) is 0.500. The molecule has 0 spiro atoms. The van der Waals surface area contributed by atoms with Crippen molar-refractivity contribution in [3.8, 4) is 0 Å². The summed E-state index contributed by atoms with van der Waals surface area (Å²) in [6.45, 7) is 8.44. The van der Waals surface area contributed by atoms with E-state index in [0.29, 0.717) is 25.2 Å². The van der Waals surface area contributed by atoms with Crippen LogP contribution < -0.4 is 0 Å². The minimum atomic E-state index is -0.654. The second-order valence-electron chi connectivity index (χ2n) is 10.6. The third kappa shape index (κ3) is 4.51. The number of carbonyl (C=O) groups excluding carboxylic acids is 1. The summed E-state index contributed by atoms with van der Waals surface area (Å²) >= 11 is 2.37. The molecule has 1 atom stereocenters. The summed E-state index contributed by atoms with van der Waals surface area (Å²) in [7, 11) is 0. The fourth-order valence-corrected chi connectivity index (χ4v) is 6.81. The smallest absolute Gasteiger partial charge is 0.234 e. The molecule has 1 aliphatic carbocycles. The van der Waals surface area contributed by atoms with Crippen LogP contribution in [0, 0.1) is 9.62 Å². The molecule has 3 fully saturated rings. The molecule has 1 unspecified atom stereocenters. The van der Waals surface area contributed by atoms with Crippen LogP contribution in [0.15, 0.2) is 42.6 Å². The molecule has 2 aromatic heterocycles. The highest BCUT2D eigenvalue weighted by Gasteiger charge is 2.43. The number of aromatic amines is 1. The van der Waals surface area contributed by atoms with Gasteiger partial charge in [-0.3, -0.25) is 9.78 Å². The van der Waals surface area contributed by atoms with Crippen molar-refractivity contribution in [2.45, 2.75) is 70.4 Å². The normalized spacial score (nSPS) is 21.2. The van der Waals surface area contributed by atoms with Crippen molar-refractivity contribution in [1.29, 1.82) is 0 Å². The number of nitrogens with one attached hydrogen (secondary N) is 1. The monoisotopic (exact) mass is 571 g/mol. The summed E-state index contributed by atoms with van der Waals surface area (Å²) in [4.78, 5) is 24.1. The zero-order valence-corrected chi connectivity index (χ0v) is 22.5. The Hall–Kier alpha value is -1.93. The highest BCUT2D eigenvalue weighted by molar-refractivity contribution is 14.1. The van der Waals surface area contributed by atoms with Gasteiger partial charge in [0.1, 0.15) is 0 Å². The van der Waals surface area contributed by atoms with Crippen molar-refractivity contribution in [2.24, 2.45) is 5.92 Å². The molecular formula is C28H34IN3O2. The van der Waals surface area contributed by atoms with Crippen molar-refractivity contribution in [3.63, 3.8) is 0 Å². The number of pyridine rings is 1. The minimum Gasteiger partial charge on any atom is -0.376 e. The molecule has 5 nitrogen and oxygen atoms in total. The van der Waals surface area contributed by atoms with Gasteiger partial charge in [-0.2, -0.15) is 0 Å². The topological polar surface area (TPSA) is 58.2 Å². The zero-order chi connectivity index (χ0) is 23.9. The molecule has 34 heavy (non-hydrogen) atoms. The molecule has 0 radical (unpaired) electrons. The lowest BCUT2D eigenvalue weighted by Crippen LogP contribution is -2.55. The Bertz CT molecular complexity index is 1170. The first-order valence-electron chi connectivity index (χ1n) is 12.4. The molecule has 1 amide bonds. The van der Waals surface area contributed by atoms with Gasteiger partial charge in [0.25, 0.3) is 0 Å². The minimum absolute atomic E-state index is 0.219. The van der Waals surface area contributed by atoms with E-state index < -0.39 is 5.41 Å². The van der Waals surface area contributed by atoms with Gasteiger partial charge in [-0.05, 0) is 85.2 Å². The first-order chi connectivity index (χ1) is 16.3. The number of ether oxygens (including phenoxy) is 1. The number of fused-ring (bicyclic) bond motifs is 4. The largest absolute Gasteiger partial charge is 0.376 e. The molecule has 6 heteroatoms. The van der Waals surface area contributed by atoms with Gasteiger partial charge in [0, 0.05) is 23.9 Å². The van der Waals surface area contributed by atoms with Crippen LogP contribution in [0.25, 0.3) is 10.9 Å². The van der Waals surface area contributed by atoms with Crippen LogP contribution in [0.1, 0.15) is 69.2 Å². The number of hydrogen-bond donors (Lipinski definition) is 1. The number of aromatic nitrogens is 2. The maximum atomic E-state index is 13.7. The summed E-state index contributed by atoms with van der Waals surface area (Å²) in [6, 6.07) is 12.8. The number of halogens is 1. The number of H-pyrrole nitrogens is 1. The molecule has 4 heterocycles. The number of carbonyl (C=O) groups is 1. The van der Waals surface area contributed by atoms with Crippen molar-refractivity contribution < 1.29 is 9.53 Å². The standard InChI is InChI=1S/C28H34IN3O2/c1-18(16-34-17-20-7-5-4-6-8-20)25-22-13-24(30-14-23(22)31-26(25)29)28(2,3)27(33)32-15-19-9-11-21(32)12-10-19/h4-8,13-14,18-19,21,31H,9-12,15-17H2,1-3H3. The molecule has 2 aliphatic heterocycles. The average molecular weight is 572 g/mol. The predicted octanol–water partition coefficient (Wildman–Crippen LogP) is 6.17. The van der Waals surface area contributed by atoms with Gasteiger partial charge in [0.15, 0.2) is 0 Å². The van der Waals surface area contributed by atoms with Crippen molar-refractivity contribution in [2.75, 3.05) is 13.2 Å². The van der Waals surface area contributed by atoms with Crippen molar-refractivity contribution in [1.82, 2.24) is 14.9 Å². The van der Waals surface area contributed by atoms with E-state index in [0.717, 1.165) is 39.7 Å². The molecule has 180 valence electrons. The number of benzene rings is 1. The molecule has 2 bridgehead atoms. The lowest BCUT2D eigenvalue weighted by molar-refractivity contribution is -0.144. The summed E-state index contributed by atoms with van der Waals surface area (Å²) in [5, 5.41) is 1.14. The first-order valence-corrected chi connectivity index (χ1v) is 13.5. The summed E-state index contributed by atoms with van der Waals surface area (Å²) in [6.07, 6.45) is 6.74. The first kappa shape index (κ1) is 23.8. The van der Waals surface area contributed by atoms with Crippen molar-refractivity contribution >= 4 is 39.4 Å². The van der Waals surface area contributed by atoms with E-state index in [1.165, 1.54) is 24.0 Å². The van der Waals surface area contributed by atoms with Gasteiger partial charge in [0.05, 0.1) is 39.7 Å². The van der Waals surface area contributed by atoms with E-state index in [4.69, 9.17) is 9.72 Å². The summed E-state index contributed by atoms with van der Waals surface area (Å²) in [5.74, 6) is 1.12. The van der Waals surface area contributed by atoms with Crippen LogP contribution >= 0.6 is 22.6 Å². The third-order valence-electron chi connectivity index (χ3n) is 7.80. The summed E-state index contributed by atoms with van der Waals surface area (Å²) < 4.78 is 7.17. The van der Waals surface area contributed by atoms with Crippen LogP contribution in [-0.2, 0) is 21.6 Å². The van der Waals surface area contributed by atoms with E-state index in [2.05, 4.69) is 57.6 Å². The van der Waals surface area contributed by atoms with E-state index in [9.17, 15) is 4.79 Å². The van der Waals surface area contributed by atoms with Gasteiger partial charge in [-0.1, -0.05) is 37.3 Å². The van der Waals surface area contributed by atoms with Crippen LogP contribution in [0.4, 0.5) is 0 Å².